The van der Waals surface area contributed by atoms with E-state index >= 15 is 0 Å². The number of halogens is 3. The molecule has 3 aliphatic rings. The highest BCUT2D eigenvalue weighted by Crippen LogP contribution is 2.18. The second-order valence-corrected chi connectivity index (χ2v) is 19.5. The van der Waals surface area contributed by atoms with Crippen LogP contribution in [0.3, 0.4) is 0 Å². The Morgan fingerprint density at radius 2 is 1.00 bits per heavy atom. The number of hydrogen-bond donors (Lipinski definition) is 0. The minimum Gasteiger partial charge on any atom is -0.378 e. The van der Waals surface area contributed by atoms with Gasteiger partial charge in [-0.2, -0.15) is 4.39 Å². The number of aromatic nitrogens is 4. The zero-order valence-electron chi connectivity index (χ0n) is 30.5. The van der Waals surface area contributed by atoms with E-state index in [0.717, 1.165) is 112 Å². The van der Waals surface area contributed by atoms with Crippen molar-refractivity contribution in [1.29, 1.82) is 0 Å². The molecule has 14 heteroatoms. The van der Waals surface area contributed by atoms with Gasteiger partial charge in [-0.15, -0.1) is 12.0 Å². The maximum atomic E-state index is 12.0. The second kappa shape index (κ2) is 22.4. The van der Waals surface area contributed by atoms with Crippen LogP contribution in [0.4, 0.5) is 21.8 Å². The lowest BCUT2D eigenvalue weighted by Gasteiger charge is -2.27. The summed E-state index contributed by atoms with van der Waals surface area (Å²) < 4.78 is 29.7. The van der Waals surface area contributed by atoms with E-state index in [1.54, 1.807) is 12.3 Å². The third kappa shape index (κ3) is 15.9. The van der Waals surface area contributed by atoms with E-state index in [2.05, 4.69) is 110 Å². The van der Waals surface area contributed by atoms with Crippen molar-refractivity contribution < 1.29 is 18.6 Å². The molecule has 3 saturated heterocycles. The van der Waals surface area contributed by atoms with E-state index in [1.165, 1.54) is 12.3 Å². The minimum atomic E-state index is -1.31. The predicted molar refractivity (Wildman–Crippen MR) is 220 cm³/mol. The Morgan fingerprint density at radius 1 is 0.604 bits per heavy atom. The monoisotopic (exact) mass is 865 g/mol. The Bertz CT molecular complexity index is 1800. The average molecular weight is 868 g/mol. The quantitative estimate of drug-likeness (QED) is 0.126. The molecule has 0 spiro atoms. The Labute approximate surface area is 330 Å². The van der Waals surface area contributed by atoms with E-state index in [4.69, 9.17) is 20.6 Å². The fourth-order valence-corrected chi connectivity index (χ4v) is 6.08. The molecule has 0 amide bonds. The number of ether oxygens (including phenoxy) is 3. The van der Waals surface area contributed by atoms with Crippen LogP contribution in [-0.4, -0.2) is 107 Å². The molecular weight excluding hydrogens is 821 g/mol. The smallest absolute Gasteiger partial charge is 0.213 e. The largest absolute Gasteiger partial charge is 0.378 e. The lowest BCUT2D eigenvalue weighted by Crippen LogP contribution is -2.36. The summed E-state index contributed by atoms with van der Waals surface area (Å²) in [6, 6.07) is 14.8. The molecule has 10 nitrogen and oxygen atoms in total. The summed E-state index contributed by atoms with van der Waals surface area (Å²) in [6.07, 6.45) is 12.1. The fourth-order valence-electron chi connectivity index (χ4n) is 4.93. The molecule has 0 saturated carbocycles. The summed E-state index contributed by atoms with van der Waals surface area (Å²) >= 11 is 6.51. The molecular formula is C39H46Br2FN7O3Si. The van der Waals surface area contributed by atoms with Crippen LogP contribution in [0.2, 0.25) is 19.6 Å². The number of hydrogen-bond acceptors (Lipinski definition) is 10. The fraction of sp³-hybridized carbons (Fsp3) is 0.385. The van der Waals surface area contributed by atoms with Crippen molar-refractivity contribution in [2.45, 2.75) is 19.6 Å². The number of nitrogens with zero attached hydrogens (tertiary/aromatic N) is 7. The minimum absolute atomic E-state index is 0.459. The summed E-state index contributed by atoms with van der Waals surface area (Å²) in [5.74, 6) is 8.42. The van der Waals surface area contributed by atoms with Crippen molar-refractivity contribution in [2.24, 2.45) is 0 Å². The highest BCUT2D eigenvalue weighted by atomic mass is 79.9. The van der Waals surface area contributed by atoms with Crippen LogP contribution in [0.5, 0.6) is 0 Å². The lowest BCUT2D eigenvalue weighted by atomic mass is 10.2. The van der Waals surface area contributed by atoms with Gasteiger partial charge in [0.1, 0.15) is 25.5 Å². The van der Waals surface area contributed by atoms with Crippen molar-refractivity contribution in [1.82, 2.24) is 19.9 Å². The number of pyridine rings is 4. The summed E-state index contributed by atoms with van der Waals surface area (Å²) in [6.45, 7) is 16.9. The molecule has 0 bridgehead atoms. The third-order valence-electron chi connectivity index (χ3n) is 7.64. The van der Waals surface area contributed by atoms with Crippen LogP contribution in [0.15, 0.2) is 82.3 Å². The van der Waals surface area contributed by atoms with E-state index in [-0.39, 0.29) is 0 Å². The highest BCUT2D eigenvalue weighted by Gasteiger charge is 2.14. The van der Waals surface area contributed by atoms with E-state index in [1.807, 2.05) is 42.7 Å². The molecule has 0 unspecified atom stereocenters. The molecule has 0 aliphatic carbocycles. The Hall–Kier alpha value is -3.89. The van der Waals surface area contributed by atoms with Gasteiger partial charge in [-0.05, 0) is 42.5 Å². The van der Waals surface area contributed by atoms with Crippen LogP contribution < -0.4 is 14.7 Å². The van der Waals surface area contributed by atoms with Crippen molar-refractivity contribution in [3.8, 4) is 23.8 Å². The van der Waals surface area contributed by atoms with Crippen molar-refractivity contribution in [2.75, 3.05) is 93.6 Å². The van der Waals surface area contributed by atoms with Crippen molar-refractivity contribution >= 4 is 57.4 Å². The van der Waals surface area contributed by atoms with Crippen molar-refractivity contribution in [3.05, 3.63) is 99.3 Å². The molecule has 53 heavy (non-hydrogen) atoms. The standard InChI is InChI=1S/C14H20N2OSi.C11H12N2O.C9H11BrN2O.C5H3BrFN/c1-18(2,3)11-5-13-4-6-15-14(12-13)16-7-9-17-10-8-16;1-2-10-3-4-12-11(9-10)13-5-7-14-8-6-13;10-8-1-2-11-9(7-8)12-3-5-13-6-4-12;6-4-1-2-8-5(7)3-4/h4,6,12H,7-10H2,1-3H3;1,3-4,9H,5-8H2;1-2,7H,3-6H2;1-3H. The Morgan fingerprint density at radius 3 is 1.40 bits per heavy atom. The number of rotatable bonds is 3. The van der Waals surface area contributed by atoms with Crippen LogP contribution in [-0.2, 0) is 14.2 Å². The Balaban J connectivity index is 0.000000163. The SMILES string of the molecule is Brc1ccnc(N2CCOCC2)c1.C#Cc1ccnc(N2CCOCC2)c1.C[Si](C)(C)C#Cc1ccnc(N2CCOCC2)c1.Fc1cc(Br)ccn1. The van der Waals surface area contributed by atoms with Crippen LogP contribution in [0.1, 0.15) is 11.1 Å². The van der Waals surface area contributed by atoms with Gasteiger partial charge >= 0.3 is 0 Å². The van der Waals surface area contributed by atoms with E-state index in [0.29, 0.717) is 4.47 Å². The van der Waals surface area contributed by atoms with Gasteiger partial charge in [-0.25, -0.2) is 19.9 Å². The van der Waals surface area contributed by atoms with E-state index in [9.17, 15) is 4.39 Å². The third-order valence-corrected chi connectivity index (χ3v) is 9.50. The molecule has 7 rings (SSSR count). The maximum absolute atomic E-state index is 12.0. The van der Waals surface area contributed by atoms with Crippen LogP contribution in [0, 0.1) is 29.8 Å². The molecule has 0 aromatic carbocycles. The van der Waals surface area contributed by atoms with Gasteiger partial charge in [0.15, 0.2) is 0 Å². The zero-order chi connectivity index (χ0) is 37.9. The lowest BCUT2D eigenvalue weighted by molar-refractivity contribution is 0.122. The summed E-state index contributed by atoms with van der Waals surface area (Å²) in [4.78, 5) is 23.0. The molecule has 7 heterocycles. The molecule has 4 aromatic rings. The van der Waals surface area contributed by atoms with Gasteiger partial charge in [0.2, 0.25) is 5.95 Å². The summed E-state index contributed by atoms with van der Waals surface area (Å²) in [7, 11) is -1.31. The molecule has 4 aromatic heterocycles. The predicted octanol–water partition coefficient (Wildman–Crippen LogP) is 6.71. The number of terminal acetylenes is 1. The van der Waals surface area contributed by atoms with Gasteiger partial charge in [0, 0.05) is 90.2 Å². The van der Waals surface area contributed by atoms with Crippen LogP contribution >= 0.6 is 31.9 Å². The van der Waals surface area contributed by atoms with Gasteiger partial charge in [0.05, 0.1) is 39.6 Å². The van der Waals surface area contributed by atoms with Crippen LogP contribution in [0.25, 0.3) is 0 Å². The molecule has 3 fully saturated rings. The first-order valence-corrected chi connectivity index (χ1v) is 22.5. The summed E-state index contributed by atoms with van der Waals surface area (Å²) in [5.41, 5.74) is 5.33. The first-order valence-electron chi connectivity index (χ1n) is 17.4. The summed E-state index contributed by atoms with van der Waals surface area (Å²) in [5, 5.41) is 0. The van der Waals surface area contributed by atoms with Crippen molar-refractivity contribution in [3.63, 3.8) is 0 Å². The number of morpholine rings is 3. The van der Waals surface area contributed by atoms with E-state index < -0.39 is 14.0 Å². The molecule has 3 aliphatic heterocycles. The van der Waals surface area contributed by atoms with Gasteiger partial charge in [0.25, 0.3) is 0 Å². The van der Waals surface area contributed by atoms with Gasteiger partial charge in [-0.3, -0.25) is 0 Å². The van der Waals surface area contributed by atoms with Gasteiger partial charge < -0.3 is 28.9 Å². The van der Waals surface area contributed by atoms with Gasteiger partial charge in [-0.1, -0.05) is 63.3 Å². The zero-order valence-corrected chi connectivity index (χ0v) is 34.7. The topological polar surface area (TPSA) is 89.0 Å². The molecule has 280 valence electrons. The second-order valence-electron chi connectivity index (χ2n) is 12.9. The first kappa shape index (κ1) is 41.9. The number of anilines is 3. The first-order chi connectivity index (χ1) is 25.6. The molecule has 0 atom stereocenters. The maximum Gasteiger partial charge on any atom is 0.213 e. The molecule has 0 N–H and O–H groups in total. The average Bonchev–Trinajstić information content (AvgIpc) is 3.19. The Kier molecular flexibility index (Phi) is 17.7. The highest BCUT2D eigenvalue weighted by molar-refractivity contribution is 9.10. The molecule has 0 radical (unpaired) electrons. The normalized spacial score (nSPS) is 15.5.